The molecule has 32 heavy (non-hydrogen) atoms. The number of hydrogen-bond donors (Lipinski definition) is 0. The van der Waals surface area contributed by atoms with E-state index in [1.165, 1.54) is 12.1 Å². The lowest BCUT2D eigenvalue weighted by Crippen LogP contribution is -2.21. The second-order valence-corrected chi connectivity index (χ2v) is 7.90. The summed E-state index contributed by atoms with van der Waals surface area (Å²) in [5.41, 5.74) is 2.46. The van der Waals surface area contributed by atoms with E-state index in [0.717, 1.165) is 11.3 Å². The summed E-state index contributed by atoms with van der Waals surface area (Å²) < 4.78 is 25.7. The molecule has 7 heteroatoms. The number of esters is 1. The summed E-state index contributed by atoms with van der Waals surface area (Å²) in [6.07, 6.45) is -0.0291. The maximum atomic E-state index is 13.5. The van der Waals surface area contributed by atoms with Gasteiger partial charge in [0.25, 0.3) is 0 Å². The maximum Gasteiger partial charge on any atom is 0.311 e. The fourth-order valence-electron chi connectivity index (χ4n) is 3.58. The van der Waals surface area contributed by atoms with Gasteiger partial charge in [-0.25, -0.2) is 4.39 Å². The van der Waals surface area contributed by atoms with E-state index in [0.29, 0.717) is 29.1 Å². The molecule has 166 valence electrons. The lowest BCUT2D eigenvalue weighted by atomic mass is 9.82. The highest BCUT2D eigenvalue weighted by atomic mass is 19.1. The molecule has 0 N–H and O–H groups in total. The summed E-state index contributed by atoms with van der Waals surface area (Å²) in [5, 5.41) is 14.7. The number of nitrogens with zero attached hydrogens (tertiary/aromatic N) is 3. The lowest BCUT2D eigenvalue weighted by Gasteiger charge is -2.19. The molecular formula is C25H26FN3O3. The SMILES string of the molecule is CCOC(=O)Cc1c(C(C)(C)C#N)c(-c2ccc(F)cc2)nn1Cc1ccc(OC)cc1. The van der Waals surface area contributed by atoms with Gasteiger partial charge in [0.15, 0.2) is 0 Å². The number of ether oxygens (including phenoxy) is 2. The van der Waals surface area contributed by atoms with Gasteiger partial charge in [0.1, 0.15) is 11.6 Å². The van der Waals surface area contributed by atoms with Gasteiger partial charge in [-0.05, 0) is 62.7 Å². The molecule has 0 amide bonds. The van der Waals surface area contributed by atoms with Crippen LogP contribution in [-0.2, 0) is 27.9 Å². The first-order valence-electron chi connectivity index (χ1n) is 10.3. The van der Waals surface area contributed by atoms with Crippen LogP contribution in [0.4, 0.5) is 4.39 Å². The van der Waals surface area contributed by atoms with E-state index in [1.54, 1.807) is 44.7 Å². The quantitative estimate of drug-likeness (QED) is 0.481. The van der Waals surface area contributed by atoms with Crippen LogP contribution in [0.25, 0.3) is 11.3 Å². The lowest BCUT2D eigenvalue weighted by molar-refractivity contribution is -0.142. The number of rotatable bonds is 8. The number of carbonyl (C=O) groups excluding carboxylic acids is 1. The number of carbonyl (C=O) groups is 1. The number of methoxy groups -OCH3 is 1. The van der Waals surface area contributed by atoms with Gasteiger partial charge in [-0.2, -0.15) is 10.4 Å². The smallest absolute Gasteiger partial charge is 0.311 e. The van der Waals surface area contributed by atoms with Crippen LogP contribution in [-0.4, -0.2) is 29.5 Å². The van der Waals surface area contributed by atoms with E-state index >= 15 is 0 Å². The third-order valence-electron chi connectivity index (χ3n) is 5.19. The molecule has 6 nitrogen and oxygen atoms in total. The molecule has 0 spiro atoms. The standard InChI is InChI=1S/C25H26FN3O3/c1-5-32-22(30)14-21-23(25(2,3)16-27)24(18-8-10-19(26)11-9-18)28-29(21)15-17-6-12-20(31-4)13-7-17/h6-13H,5,14-15H2,1-4H3. The second-order valence-electron chi connectivity index (χ2n) is 7.90. The van der Waals surface area contributed by atoms with Crippen molar-refractivity contribution in [3.8, 4) is 23.1 Å². The highest BCUT2D eigenvalue weighted by Crippen LogP contribution is 2.36. The van der Waals surface area contributed by atoms with Crippen LogP contribution in [0.3, 0.4) is 0 Å². The monoisotopic (exact) mass is 435 g/mol. The summed E-state index contributed by atoms with van der Waals surface area (Å²) in [5.74, 6) is -0.0254. The van der Waals surface area contributed by atoms with Crippen molar-refractivity contribution in [2.75, 3.05) is 13.7 Å². The number of benzene rings is 2. The third kappa shape index (κ3) is 4.97. The molecule has 2 aromatic carbocycles. The first-order chi connectivity index (χ1) is 15.3. The predicted molar refractivity (Wildman–Crippen MR) is 119 cm³/mol. The van der Waals surface area contributed by atoms with Crippen molar-refractivity contribution < 1.29 is 18.7 Å². The number of halogens is 1. The highest BCUT2D eigenvalue weighted by Gasteiger charge is 2.33. The molecule has 0 fully saturated rings. The Kier molecular flexibility index (Phi) is 6.94. The first kappa shape index (κ1) is 23.0. The van der Waals surface area contributed by atoms with Gasteiger partial charge in [0.2, 0.25) is 0 Å². The first-order valence-corrected chi connectivity index (χ1v) is 10.3. The van der Waals surface area contributed by atoms with Gasteiger partial charge in [-0.15, -0.1) is 0 Å². The van der Waals surface area contributed by atoms with E-state index in [1.807, 2.05) is 24.3 Å². The molecule has 0 aliphatic carbocycles. The minimum atomic E-state index is -0.941. The van der Waals surface area contributed by atoms with E-state index in [4.69, 9.17) is 14.6 Å². The molecule has 0 unspecified atom stereocenters. The second kappa shape index (κ2) is 9.65. The fraction of sp³-hybridized carbons (Fsp3) is 0.320. The van der Waals surface area contributed by atoms with Crippen molar-refractivity contribution in [3.63, 3.8) is 0 Å². The van der Waals surface area contributed by atoms with Crippen molar-refractivity contribution in [3.05, 3.63) is 71.2 Å². The van der Waals surface area contributed by atoms with E-state index in [-0.39, 0.29) is 18.8 Å². The van der Waals surface area contributed by atoms with Crippen LogP contribution in [0.1, 0.15) is 37.6 Å². The van der Waals surface area contributed by atoms with Crippen LogP contribution in [0.15, 0.2) is 48.5 Å². The van der Waals surface area contributed by atoms with Crippen LogP contribution in [0.5, 0.6) is 5.75 Å². The number of hydrogen-bond acceptors (Lipinski definition) is 5. The molecule has 0 aliphatic heterocycles. The normalized spacial score (nSPS) is 11.1. The van der Waals surface area contributed by atoms with Gasteiger partial charge in [0, 0.05) is 11.1 Å². The van der Waals surface area contributed by atoms with Crippen molar-refractivity contribution in [2.24, 2.45) is 0 Å². The van der Waals surface area contributed by atoms with Crippen LogP contribution in [0.2, 0.25) is 0 Å². The zero-order valence-electron chi connectivity index (χ0n) is 18.7. The Labute approximate surface area is 187 Å². The van der Waals surface area contributed by atoms with Crippen LogP contribution < -0.4 is 4.74 Å². The average Bonchev–Trinajstić information content (AvgIpc) is 3.13. The zero-order valence-corrected chi connectivity index (χ0v) is 18.7. The Balaban J connectivity index is 2.18. The Morgan fingerprint density at radius 3 is 2.38 bits per heavy atom. The minimum absolute atomic E-state index is 0.0291. The largest absolute Gasteiger partial charge is 0.497 e. The maximum absolute atomic E-state index is 13.5. The molecule has 3 aromatic rings. The Morgan fingerprint density at radius 1 is 1.16 bits per heavy atom. The van der Waals surface area contributed by atoms with Gasteiger partial charge >= 0.3 is 5.97 Å². The van der Waals surface area contributed by atoms with Crippen molar-refractivity contribution >= 4 is 5.97 Å². The minimum Gasteiger partial charge on any atom is -0.497 e. The molecule has 0 aliphatic rings. The Morgan fingerprint density at radius 2 is 1.81 bits per heavy atom. The van der Waals surface area contributed by atoms with Crippen LogP contribution in [0, 0.1) is 17.1 Å². The van der Waals surface area contributed by atoms with Crippen molar-refractivity contribution in [1.82, 2.24) is 9.78 Å². The molecule has 1 heterocycles. The molecule has 3 rings (SSSR count). The van der Waals surface area contributed by atoms with Gasteiger partial charge in [-0.3, -0.25) is 9.48 Å². The number of nitriles is 1. The Bertz CT molecular complexity index is 1130. The molecule has 1 aromatic heterocycles. The molecule has 0 saturated heterocycles. The molecule has 0 saturated carbocycles. The fourth-order valence-corrected chi connectivity index (χ4v) is 3.58. The summed E-state index contributed by atoms with van der Waals surface area (Å²) >= 11 is 0. The van der Waals surface area contributed by atoms with Crippen LogP contribution >= 0.6 is 0 Å². The van der Waals surface area contributed by atoms with E-state index in [2.05, 4.69) is 6.07 Å². The van der Waals surface area contributed by atoms with E-state index < -0.39 is 11.4 Å². The molecule has 0 bridgehead atoms. The summed E-state index contributed by atoms with van der Waals surface area (Å²) in [4.78, 5) is 12.4. The topological polar surface area (TPSA) is 77.1 Å². The molecule has 0 radical (unpaired) electrons. The predicted octanol–water partition coefficient (Wildman–Crippen LogP) is 4.65. The Hall–Kier alpha value is -3.66. The zero-order chi connectivity index (χ0) is 23.3. The van der Waals surface area contributed by atoms with Crippen molar-refractivity contribution in [1.29, 1.82) is 5.26 Å². The van der Waals surface area contributed by atoms with Gasteiger partial charge in [0.05, 0.1) is 49.6 Å². The summed E-state index contributed by atoms with van der Waals surface area (Å²) in [6.45, 7) is 5.95. The average molecular weight is 435 g/mol. The third-order valence-corrected chi connectivity index (χ3v) is 5.19. The highest BCUT2D eigenvalue weighted by molar-refractivity contribution is 5.75. The molecular weight excluding hydrogens is 409 g/mol. The van der Waals surface area contributed by atoms with Crippen molar-refractivity contribution in [2.45, 2.75) is 39.2 Å². The van der Waals surface area contributed by atoms with E-state index in [9.17, 15) is 14.4 Å². The summed E-state index contributed by atoms with van der Waals surface area (Å²) in [7, 11) is 1.60. The van der Waals surface area contributed by atoms with Gasteiger partial charge in [-0.1, -0.05) is 12.1 Å². The number of aromatic nitrogens is 2. The van der Waals surface area contributed by atoms with Gasteiger partial charge < -0.3 is 9.47 Å². The summed E-state index contributed by atoms with van der Waals surface area (Å²) in [6, 6.07) is 15.8. The molecule has 0 atom stereocenters.